The number of anilines is 2. The summed E-state index contributed by atoms with van der Waals surface area (Å²) in [6.45, 7) is 2.98. The molecule has 2 heterocycles. The Morgan fingerprint density at radius 2 is 2.23 bits per heavy atom. The van der Waals surface area contributed by atoms with Crippen LogP contribution in [-0.4, -0.2) is 41.3 Å². The molecule has 3 rings (SSSR count). The highest BCUT2D eigenvalue weighted by Gasteiger charge is 2.24. The summed E-state index contributed by atoms with van der Waals surface area (Å²) in [5.74, 6) is 0.976. The Morgan fingerprint density at radius 3 is 3.00 bits per heavy atom. The molecule has 5 heteroatoms. The predicted octanol–water partition coefficient (Wildman–Crippen LogP) is 2.16. The van der Waals surface area contributed by atoms with Crippen LogP contribution in [0.5, 0.6) is 0 Å². The molecule has 2 N–H and O–H groups in total. The SMILES string of the molecule is CN(Cc1cccc(N)c1)C1CCCN(c2cccnn2)C1. The maximum atomic E-state index is 5.87. The second-order valence-electron chi connectivity index (χ2n) is 5.98. The van der Waals surface area contributed by atoms with Crippen LogP contribution in [0, 0.1) is 0 Å². The number of nitrogens with zero attached hydrogens (tertiary/aromatic N) is 4. The van der Waals surface area contributed by atoms with Gasteiger partial charge in [-0.15, -0.1) is 5.10 Å². The molecule has 116 valence electrons. The lowest BCUT2D eigenvalue weighted by Crippen LogP contribution is -2.46. The summed E-state index contributed by atoms with van der Waals surface area (Å²) in [5, 5.41) is 8.22. The second kappa shape index (κ2) is 6.75. The van der Waals surface area contributed by atoms with Gasteiger partial charge in [0.2, 0.25) is 0 Å². The number of hydrogen-bond donors (Lipinski definition) is 1. The maximum Gasteiger partial charge on any atom is 0.151 e. The maximum absolute atomic E-state index is 5.87. The first-order valence-corrected chi connectivity index (χ1v) is 7.79. The molecular formula is C17H23N5. The van der Waals surface area contributed by atoms with E-state index >= 15 is 0 Å². The molecule has 1 aliphatic rings. The average Bonchev–Trinajstić information content (AvgIpc) is 2.56. The fraction of sp³-hybridized carbons (Fsp3) is 0.412. The van der Waals surface area contributed by atoms with Gasteiger partial charge in [0, 0.05) is 37.6 Å². The molecule has 0 spiro atoms. The molecule has 0 aliphatic carbocycles. The Labute approximate surface area is 131 Å². The van der Waals surface area contributed by atoms with Gasteiger partial charge in [-0.05, 0) is 49.7 Å². The Morgan fingerprint density at radius 1 is 1.32 bits per heavy atom. The first kappa shape index (κ1) is 14.8. The van der Waals surface area contributed by atoms with E-state index in [2.05, 4.69) is 39.2 Å². The van der Waals surface area contributed by atoms with Gasteiger partial charge < -0.3 is 10.6 Å². The van der Waals surface area contributed by atoms with Gasteiger partial charge >= 0.3 is 0 Å². The van der Waals surface area contributed by atoms with Crippen molar-refractivity contribution < 1.29 is 0 Å². The zero-order chi connectivity index (χ0) is 15.4. The molecule has 1 saturated heterocycles. The predicted molar refractivity (Wildman–Crippen MR) is 89.6 cm³/mol. The summed E-state index contributed by atoms with van der Waals surface area (Å²) in [5.41, 5.74) is 7.96. The van der Waals surface area contributed by atoms with E-state index in [1.54, 1.807) is 6.20 Å². The lowest BCUT2D eigenvalue weighted by molar-refractivity contribution is 0.207. The molecule has 5 nitrogen and oxygen atoms in total. The fourth-order valence-corrected chi connectivity index (χ4v) is 3.09. The van der Waals surface area contributed by atoms with Crippen molar-refractivity contribution in [2.24, 2.45) is 0 Å². The van der Waals surface area contributed by atoms with Crippen molar-refractivity contribution in [2.75, 3.05) is 30.8 Å². The molecule has 1 atom stereocenters. The highest BCUT2D eigenvalue weighted by atomic mass is 15.3. The van der Waals surface area contributed by atoms with Crippen molar-refractivity contribution >= 4 is 11.5 Å². The number of benzene rings is 1. The van der Waals surface area contributed by atoms with Gasteiger partial charge in [0.1, 0.15) is 0 Å². The minimum atomic E-state index is 0.525. The van der Waals surface area contributed by atoms with Gasteiger partial charge in [0.05, 0.1) is 0 Å². The van der Waals surface area contributed by atoms with Crippen LogP contribution in [0.1, 0.15) is 18.4 Å². The topological polar surface area (TPSA) is 58.3 Å². The number of nitrogen functional groups attached to an aromatic ring is 1. The van der Waals surface area contributed by atoms with Crippen LogP contribution in [0.4, 0.5) is 11.5 Å². The molecule has 22 heavy (non-hydrogen) atoms. The van der Waals surface area contributed by atoms with Crippen LogP contribution in [0.25, 0.3) is 0 Å². The summed E-state index contributed by atoms with van der Waals surface area (Å²) in [6, 6.07) is 12.6. The van der Waals surface area contributed by atoms with E-state index in [0.717, 1.165) is 31.1 Å². The van der Waals surface area contributed by atoms with Gasteiger partial charge in [0.15, 0.2) is 5.82 Å². The van der Waals surface area contributed by atoms with Crippen molar-refractivity contribution in [1.82, 2.24) is 15.1 Å². The van der Waals surface area contributed by atoms with E-state index in [0.29, 0.717) is 6.04 Å². The van der Waals surface area contributed by atoms with Crippen molar-refractivity contribution in [2.45, 2.75) is 25.4 Å². The Balaban J connectivity index is 1.64. The van der Waals surface area contributed by atoms with Crippen LogP contribution in [-0.2, 0) is 6.54 Å². The Hall–Kier alpha value is -2.14. The van der Waals surface area contributed by atoms with Gasteiger partial charge in [-0.3, -0.25) is 4.90 Å². The molecule has 2 aromatic rings. The van der Waals surface area contributed by atoms with Gasteiger partial charge in [-0.25, -0.2) is 0 Å². The Kier molecular flexibility index (Phi) is 4.53. The zero-order valence-corrected chi connectivity index (χ0v) is 13.0. The number of nitrogens with two attached hydrogens (primary N) is 1. The molecule has 0 amide bonds. The van der Waals surface area contributed by atoms with Gasteiger partial charge in [-0.1, -0.05) is 12.1 Å². The summed E-state index contributed by atoms with van der Waals surface area (Å²) in [7, 11) is 2.19. The highest BCUT2D eigenvalue weighted by molar-refractivity contribution is 5.40. The molecule has 0 saturated carbocycles. The monoisotopic (exact) mass is 297 g/mol. The van der Waals surface area contributed by atoms with Crippen LogP contribution < -0.4 is 10.6 Å². The van der Waals surface area contributed by atoms with Crippen molar-refractivity contribution in [1.29, 1.82) is 0 Å². The lowest BCUT2D eigenvalue weighted by atomic mass is 10.0. The number of aromatic nitrogens is 2. The standard InChI is InChI=1S/C17H23N5/c1-21(12-14-5-2-6-15(18)11-14)16-7-4-10-22(13-16)17-8-3-9-19-20-17/h2-3,5-6,8-9,11,16H,4,7,10,12-13,18H2,1H3. The molecule has 1 unspecified atom stereocenters. The molecule has 1 aliphatic heterocycles. The van der Waals surface area contributed by atoms with Gasteiger partial charge in [0.25, 0.3) is 0 Å². The summed E-state index contributed by atoms with van der Waals surface area (Å²) < 4.78 is 0. The lowest BCUT2D eigenvalue weighted by Gasteiger charge is -2.38. The number of hydrogen-bond acceptors (Lipinski definition) is 5. The van der Waals surface area contributed by atoms with Crippen molar-refractivity contribution in [3.63, 3.8) is 0 Å². The number of rotatable bonds is 4. The van der Waals surface area contributed by atoms with Crippen molar-refractivity contribution in [3.05, 3.63) is 48.2 Å². The van der Waals surface area contributed by atoms with E-state index in [1.807, 2.05) is 24.3 Å². The fourth-order valence-electron chi connectivity index (χ4n) is 3.09. The average molecular weight is 297 g/mol. The summed E-state index contributed by atoms with van der Waals surface area (Å²) >= 11 is 0. The Bertz CT molecular complexity index is 601. The number of likely N-dealkylation sites (N-methyl/N-ethyl adjacent to an activating group) is 1. The summed E-state index contributed by atoms with van der Waals surface area (Å²) in [6.07, 6.45) is 4.12. The van der Waals surface area contributed by atoms with Crippen LogP contribution in [0.3, 0.4) is 0 Å². The second-order valence-corrected chi connectivity index (χ2v) is 5.98. The van der Waals surface area contributed by atoms with Crippen molar-refractivity contribution in [3.8, 4) is 0 Å². The third kappa shape index (κ3) is 3.54. The van der Waals surface area contributed by atoms with Crippen LogP contribution >= 0.6 is 0 Å². The van der Waals surface area contributed by atoms with Crippen LogP contribution in [0.15, 0.2) is 42.6 Å². The first-order valence-electron chi connectivity index (χ1n) is 7.79. The molecule has 0 radical (unpaired) electrons. The molecule has 0 bridgehead atoms. The minimum absolute atomic E-state index is 0.525. The minimum Gasteiger partial charge on any atom is -0.399 e. The normalized spacial score (nSPS) is 18.6. The quantitative estimate of drug-likeness (QED) is 0.876. The zero-order valence-electron chi connectivity index (χ0n) is 13.0. The van der Waals surface area contributed by atoms with Crippen LogP contribution in [0.2, 0.25) is 0 Å². The van der Waals surface area contributed by atoms with E-state index in [9.17, 15) is 0 Å². The first-order chi connectivity index (χ1) is 10.7. The van der Waals surface area contributed by atoms with E-state index < -0.39 is 0 Å². The number of piperidine rings is 1. The third-order valence-electron chi connectivity index (χ3n) is 4.29. The smallest absolute Gasteiger partial charge is 0.151 e. The van der Waals surface area contributed by atoms with E-state index in [4.69, 9.17) is 5.73 Å². The van der Waals surface area contributed by atoms with E-state index in [1.165, 1.54) is 18.4 Å². The largest absolute Gasteiger partial charge is 0.399 e. The molecular weight excluding hydrogens is 274 g/mol. The molecule has 1 fully saturated rings. The molecule has 1 aromatic heterocycles. The third-order valence-corrected chi connectivity index (χ3v) is 4.29. The van der Waals surface area contributed by atoms with Gasteiger partial charge in [-0.2, -0.15) is 5.10 Å². The summed E-state index contributed by atoms with van der Waals surface area (Å²) in [4.78, 5) is 4.74. The van der Waals surface area contributed by atoms with E-state index in [-0.39, 0.29) is 0 Å². The highest BCUT2D eigenvalue weighted by Crippen LogP contribution is 2.21. The molecule has 1 aromatic carbocycles.